The minimum absolute atomic E-state index is 0.186. The van der Waals surface area contributed by atoms with E-state index in [-0.39, 0.29) is 22.7 Å². The lowest BCUT2D eigenvalue weighted by atomic mass is 9.77. The van der Waals surface area contributed by atoms with E-state index in [2.05, 4.69) is 0 Å². The van der Waals surface area contributed by atoms with Crippen molar-refractivity contribution in [2.45, 2.75) is 53.6 Å². The van der Waals surface area contributed by atoms with E-state index in [0.717, 1.165) is 0 Å². The number of nitrogens with two attached hydrogens (primary N) is 2. The monoisotopic (exact) mass is 269 g/mol. The van der Waals surface area contributed by atoms with E-state index in [4.69, 9.17) is 11.5 Å². The van der Waals surface area contributed by atoms with Gasteiger partial charge in [-0.2, -0.15) is 0 Å². The number of primary amides is 1. The molecular formula is C14H27N3O2. The molecule has 0 aliphatic carbocycles. The van der Waals surface area contributed by atoms with Crippen molar-refractivity contribution in [1.82, 2.24) is 4.90 Å². The van der Waals surface area contributed by atoms with Crippen LogP contribution in [0.25, 0.3) is 0 Å². The smallest absolute Gasteiger partial charge is 0.240 e. The Kier molecular flexibility index (Phi) is 4.01. The largest absolute Gasteiger partial charge is 0.368 e. The topological polar surface area (TPSA) is 89.4 Å². The Labute approximate surface area is 115 Å². The third kappa shape index (κ3) is 2.76. The van der Waals surface area contributed by atoms with Crippen molar-refractivity contribution in [1.29, 1.82) is 0 Å². The Morgan fingerprint density at radius 1 is 1.32 bits per heavy atom. The number of likely N-dealkylation sites (tertiary alicyclic amines) is 1. The number of carbonyl (C=O) groups is 2. The van der Waals surface area contributed by atoms with Crippen molar-refractivity contribution in [3.8, 4) is 0 Å². The summed E-state index contributed by atoms with van der Waals surface area (Å²) in [7, 11) is 0. The molecular weight excluding hydrogens is 242 g/mol. The van der Waals surface area contributed by atoms with Gasteiger partial charge in [0.2, 0.25) is 11.8 Å². The zero-order valence-corrected chi connectivity index (χ0v) is 12.9. The van der Waals surface area contributed by atoms with E-state index in [0.29, 0.717) is 6.54 Å². The summed E-state index contributed by atoms with van der Waals surface area (Å²) < 4.78 is 0. The molecule has 0 aromatic rings. The van der Waals surface area contributed by atoms with Crippen LogP contribution in [0.15, 0.2) is 0 Å². The highest BCUT2D eigenvalue weighted by molar-refractivity contribution is 5.90. The zero-order valence-electron chi connectivity index (χ0n) is 12.9. The van der Waals surface area contributed by atoms with E-state index in [1.54, 1.807) is 4.90 Å². The highest BCUT2D eigenvalue weighted by Crippen LogP contribution is 2.41. The van der Waals surface area contributed by atoms with Crippen LogP contribution in [0.3, 0.4) is 0 Å². The maximum atomic E-state index is 12.5. The van der Waals surface area contributed by atoms with Crippen molar-refractivity contribution < 1.29 is 9.59 Å². The summed E-state index contributed by atoms with van der Waals surface area (Å²) in [5, 5.41) is 0. The Bertz CT molecular complexity index is 385. The van der Waals surface area contributed by atoms with Crippen molar-refractivity contribution >= 4 is 11.8 Å². The van der Waals surface area contributed by atoms with E-state index in [9.17, 15) is 9.59 Å². The van der Waals surface area contributed by atoms with Gasteiger partial charge in [0.05, 0.1) is 6.04 Å². The molecule has 1 rings (SSSR count). The van der Waals surface area contributed by atoms with Gasteiger partial charge in [-0.15, -0.1) is 0 Å². The van der Waals surface area contributed by atoms with Crippen molar-refractivity contribution in [3.05, 3.63) is 0 Å². The summed E-state index contributed by atoms with van der Waals surface area (Å²) in [6.07, 6.45) is 0. The quantitative estimate of drug-likeness (QED) is 0.774. The zero-order chi connectivity index (χ0) is 15.2. The Hall–Kier alpha value is -1.10. The Morgan fingerprint density at radius 2 is 1.79 bits per heavy atom. The first-order valence-corrected chi connectivity index (χ1v) is 6.76. The first-order valence-electron chi connectivity index (χ1n) is 6.76. The van der Waals surface area contributed by atoms with Crippen LogP contribution in [0.5, 0.6) is 0 Å². The lowest BCUT2D eigenvalue weighted by Crippen LogP contribution is -2.56. The molecule has 0 saturated carbocycles. The molecule has 1 unspecified atom stereocenters. The fraction of sp³-hybridized carbons (Fsp3) is 0.857. The van der Waals surface area contributed by atoms with Crippen LogP contribution >= 0.6 is 0 Å². The Morgan fingerprint density at radius 3 is 2.16 bits per heavy atom. The minimum atomic E-state index is -0.629. The number of hydrogen-bond acceptors (Lipinski definition) is 3. The van der Waals surface area contributed by atoms with E-state index in [1.165, 1.54) is 0 Å². The molecule has 1 fully saturated rings. The molecule has 0 aromatic heterocycles. The van der Waals surface area contributed by atoms with Gasteiger partial charge in [0.25, 0.3) is 0 Å². The number of carbonyl (C=O) groups excluding carboxylic acids is 2. The SMILES string of the molecule is CC1CN(C(=O)[C@H](N)C(C)(C)C)[C@@H](C(N)=O)C1(C)C. The van der Waals surface area contributed by atoms with Gasteiger partial charge >= 0.3 is 0 Å². The van der Waals surface area contributed by atoms with Crippen LogP contribution in [-0.4, -0.2) is 35.3 Å². The number of amides is 2. The lowest BCUT2D eigenvalue weighted by molar-refractivity contribution is -0.142. The molecule has 5 heteroatoms. The van der Waals surface area contributed by atoms with Crippen LogP contribution in [0, 0.1) is 16.7 Å². The standard InChI is InChI=1S/C14H27N3O2/c1-8-7-17(10(11(16)18)14(8,5)6)12(19)9(15)13(2,3)4/h8-10H,7,15H2,1-6H3,(H2,16,18)/t8?,9-,10-/m0/s1. The molecule has 110 valence electrons. The van der Waals surface area contributed by atoms with Gasteiger partial charge in [0, 0.05) is 6.54 Å². The highest BCUT2D eigenvalue weighted by atomic mass is 16.2. The van der Waals surface area contributed by atoms with Crippen molar-refractivity contribution in [3.63, 3.8) is 0 Å². The van der Waals surface area contributed by atoms with Gasteiger partial charge in [0.1, 0.15) is 6.04 Å². The number of hydrogen-bond donors (Lipinski definition) is 2. The molecule has 0 spiro atoms. The first kappa shape index (κ1) is 16.0. The highest BCUT2D eigenvalue weighted by Gasteiger charge is 2.51. The van der Waals surface area contributed by atoms with E-state index >= 15 is 0 Å². The minimum Gasteiger partial charge on any atom is -0.368 e. The fourth-order valence-electron chi connectivity index (χ4n) is 2.59. The summed E-state index contributed by atoms with van der Waals surface area (Å²) >= 11 is 0. The van der Waals surface area contributed by atoms with E-state index in [1.807, 2.05) is 41.5 Å². The van der Waals surface area contributed by atoms with Crippen LogP contribution in [-0.2, 0) is 9.59 Å². The Balaban J connectivity index is 3.07. The van der Waals surface area contributed by atoms with Gasteiger partial charge in [-0.05, 0) is 16.7 Å². The van der Waals surface area contributed by atoms with Gasteiger partial charge in [0.15, 0.2) is 0 Å². The average molecular weight is 269 g/mol. The first-order chi connectivity index (χ1) is 8.40. The predicted octanol–water partition coefficient (Wildman–Crippen LogP) is 0.718. The summed E-state index contributed by atoms with van der Waals surface area (Å²) in [6.45, 7) is 12.3. The maximum Gasteiger partial charge on any atom is 0.240 e. The van der Waals surface area contributed by atoms with Gasteiger partial charge in [-0.1, -0.05) is 41.5 Å². The molecule has 1 saturated heterocycles. The molecule has 4 N–H and O–H groups in total. The molecule has 0 radical (unpaired) electrons. The number of nitrogens with zero attached hydrogens (tertiary/aromatic N) is 1. The van der Waals surface area contributed by atoms with Gasteiger partial charge < -0.3 is 16.4 Å². The molecule has 1 aliphatic heterocycles. The molecule has 0 aromatic carbocycles. The third-order valence-electron chi connectivity index (χ3n) is 4.51. The van der Waals surface area contributed by atoms with E-state index < -0.39 is 18.0 Å². The average Bonchev–Trinajstić information content (AvgIpc) is 2.46. The third-order valence-corrected chi connectivity index (χ3v) is 4.51. The normalized spacial score (nSPS) is 28.3. The molecule has 1 aliphatic rings. The van der Waals surface area contributed by atoms with Crippen LogP contribution in [0.2, 0.25) is 0 Å². The lowest BCUT2D eigenvalue weighted by Gasteiger charge is -2.35. The van der Waals surface area contributed by atoms with Crippen molar-refractivity contribution in [2.24, 2.45) is 28.2 Å². The van der Waals surface area contributed by atoms with Gasteiger partial charge in [-0.3, -0.25) is 9.59 Å². The van der Waals surface area contributed by atoms with Crippen LogP contribution < -0.4 is 11.5 Å². The molecule has 0 bridgehead atoms. The molecule has 19 heavy (non-hydrogen) atoms. The fourth-order valence-corrected chi connectivity index (χ4v) is 2.59. The maximum absolute atomic E-state index is 12.5. The second-order valence-corrected chi connectivity index (χ2v) is 7.36. The number of rotatable bonds is 2. The molecule has 2 amide bonds. The molecule has 1 heterocycles. The van der Waals surface area contributed by atoms with Gasteiger partial charge in [-0.25, -0.2) is 0 Å². The summed E-state index contributed by atoms with van der Waals surface area (Å²) in [5.74, 6) is -0.432. The predicted molar refractivity (Wildman–Crippen MR) is 75.1 cm³/mol. The summed E-state index contributed by atoms with van der Waals surface area (Å²) in [5.41, 5.74) is 10.9. The second-order valence-electron chi connectivity index (χ2n) is 7.36. The summed E-state index contributed by atoms with van der Waals surface area (Å²) in [4.78, 5) is 25.8. The molecule has 3 atom stereocenters. The van der Waals surface area contributed by atoms with Crippen molar-refractivity contribution in [2.75, 3.05) is 6.54 Å². The summed E-state index contributed by atoms with van der Waals surface area (Å²) in [6, 6.07) is -1.21. The molecule has 5 nitrogen and oxygen atoms in total. The van der Waals surface area contributed by atoms with Crippen LogP contribution in [0.1, 0.15) is 41.5 Å². The van der Waals surface area contributed by atoms with Crippen LogP contribution in [0.4, 0.5) is 0 Å². The second kappa shape index (κ2) is 4.78.